The smallest absolute Gasteiger partial charge is 0.322 e. The van der Waals surface area contributed by atoms with Crippen molar-refractivity contribution in [3.63, 3.8) is 0 Å². The lowest BCUT2D eigenvalue weighted by Crippen LogP contribution is -2.46. The van der Waals surface area contributed by atoms with Crippen LogP contribution in [0.15, 0.2) is 42.9 Å². The van der Waals surface area contributed by atoms with Crippen LogP contribution in [0, 0.1) is 0 Å². The van der Waals surface area contributed by atoms with Crippen LogP contribution in [0.1, 0.15) is 12.8 Å². The van der Waals surface area contributed by atoms with E-state index < -0.39 is 0 Å². The molecule has 1 aromatic heterocycles. The molecule has 2 aromatic rings. The summed E-state index contributed by atoms with van der Waals surface area (Å²) in [5.74, 6) is 0.694. The van der Waals surface area contributed by atoms with E-state index >= 15 is 0 Å². The van der Waals surface area contributed by atoms with Gasteiger partial charge in [0.15, 0.2) is 5.82 Å². The van der Waals surface area contributed by atoms with E-state index in [2.05, 4.69) is 20.6 Å². The minimum Gasteiger partial charge on any atom is -0.381 e. The number of nitrogens with one attached hydrogen (secondary N) is 2. The molecule has 1 atom stereocenters. The first-order valence-corrected chi connectivity index (χ1v) is 8.48. The lowest BCUT2D eigenvalue weighted by atomic mass is 10.1. The summed E-state index contributed by atoms with van der Waals surface area (Å²) in [5, 5.41) is 6.44. The Bertz CT molecular complexity index is 706. The minimum absolute atomic E-state index is 0.113. The van der Waals surface area contributed by atoms with Gasteiger partial charge < -0.3 is 20.4 Å². The highest BCUT2D eigenvalue weighted by Crippen LogP contribution is 2.21. The zero-order chi connectivity index (χ0) is 17.6. The molecule has 3 rings (SSSR count). The van der Waals surface area contributed by atoms with Crippen molar-refractivity contribution in [3.05, 3.63) is 42.9 Å². The van der Waals surface area contributed by atoms with Crippen molar-refractivity contribution >= 4 is 23.2 Å². The molecule has 2 heterocycles. The third-order valence-electron chi connectivity index (χ3n) is 4.21. The molecule has 2 amide bonds. The Morgan fingerprint density at radius 3 is 2.84 bits per heavy atom. The largest absolute Gasteiger partial charge is 0.381 e. The first-order chi connectivity index (χ1) is 12.1. The third kappa shape index (κ3) is 4.37. The van der Waals surface area contributed by atoms with Gasteiger partial charge in [0.2, 0.25) is 0 Å². The quantitative estimate of drug-likeness (QED) is 0.895. The summed E-state index contributed by atoms with van der Waals surface area (Å²) in [5.41, 5.74) is 1.71. The molecule has 0 radical (unpaired) electrons. The number of nitrogens with zero attached hydrogens (tertiary/aromatic N) is 4. The number of carbonyl (C=O) groups is 1. The van der Waals surface area contributed by atoms with Gasteiger partial charge in [0, 0.05) is 38.9 Å². The fourth-order valence-corrected chi connectivity index (χ4v) is 3.01. The summed E-state index contributed by atoms with van der Waals surface area (Å²) < 4.78 is 0. The maximum Gasteiger partial charge on any atom is 0.322 e. The van der Waals surface area contributed by atoms with Crippen LogP contribution in [-0.2, 0) is 0 Å². The van der Waals surface area contributed by atoms with Crippen LogP contribution < -0.4 is 15.5 Å². The number of amides is 2. The molecule has 0 saturated carbocycles. The molecule has 0 spiro atoms. The van der Waals surface area contributed by atoms with Crippen LogP contribution in [0.3, 0.4) is 0 Å². The number of rotatable bonds is 4. The topological polar surface area (TPSA) is 73.4 Å². The Morgan fingerprint density at radius 2 is 2.08 bits per heavy atom. The second-order valence-corrected chi connectivity index (χ2v) is 6.38. The van der Waals surface area contributed by atoms with Gasteiger partial charge in [-0.2, -0.15) is 0 Å². The van der Waals surface area contributed by atoms with Crippen LogP contribution in [-0.4, -0.2) is 54.1 Å². The standard InChI is InChI=1S/C18H24N6O/c1-23(2)17-16(11-19-13-20-17)22-18(25)24-10-6-9-15(12-24)21-14-7-4-3-5-8-14/h3-5,7-8,11,13,15,21H,6,9-10,12H2,1-2H3,(H,22,25)/t15-/m1/s1. The Hall–Kier alpha value is -2.83. The van der Waals surface area contributed by atoms with E-state index in [9.17, 15) is 4.79 Å². The van der Waals surface area contributed by atoms with E-state index in [-0.39, 0.29) is 12.1 Å². The average molecular weight is 340 g/mol. The molecule has 0 aliphatic carbocycles. The lowest BCUT2D eigenvalue weighted by molar-refractivity contribution is 0.196. The Balaban J connectivity index is 1.62. The number of aromatic nitrogens is 2. The monoisotopic (exact) mass is 340 g/mol. The molecule has 1 aromatic carbocycles. The SMILES string of the molecule is CN(C)c1ncncc1NC(=O)N1CCC[C@@H](Nc2ccccc2)C1. The Morgan fingerprint density at radius 1 is 1.28 bits per heavy atom. The molecule has 132 valence electrons. The molecule has 1 fully saturated rings. The van der Waals surface area contributed by atoms with Gasteiger partial charge in [0.05, 0.1) is 6.20 Å². The zero-order valence-electron chi connectivity index (χ0n) is 14.6. The van der Waals surface area contributed by atoms with Gasteiger partial charge in [-0.05, 0) is 25.0 Å². The number of para-hydroxylation sites is 1. The molecule has 1 aliphatic heterocycles. The molecule has 0 bridgehead atoms. The number of hydrogen-bond acceptors (Lipinski definition) is 5. The van der Waals surface area contributed by atoms with Crippen molar-refractivity contribution in [2.45, 2.75) is 18.9 Å². The van der Waals surface area contributed by atoms with E-state index in [0.29, 0.717) is 18.1 Å². The number of likely N-dealkylation sites (tertiary alicyclic amines) is 1. The molecule has 7 nitrogen and oxygen atoms in total. The number of carbonyl (C=O) groups excluding carboxylic acids is 1. The Kier molecular flexibility index (Phi) is 5.33. The summed E-state index contributed by atoms with van der Waals surface area (Å²) in [6.07, 6.45) is 5.13. The van der Waals surface area contributed by atoms with Gasteiger partial charge >= 0.3 is 6.03 Å². The molecular weight excluding hydrogens is 316 g/mol. The van der Waals surface area contributed by atoms with Crippen LogP contribution in [0.25, 0.3) is 0 Å². The normalized spacial score (nSPS) is 17.0. The molecule has 1 aliphatic rings. The van der Waals surface area contributed by atoms with E-state index in [4.69, 9.17) is 0 Å². The highest BCUT2D eigenvalue weighted by atomic mass is 16.2. The van der Waals surface area contributed by atoms with Crippen LogP contribution >= 0.6 is 0 Å². The van der Waals surface area contributed by atoms with Crippen molar-refractivity contribution in [1.29, 1.82) is 0 Å². The first kappa shape index (κ1) is 17.0. The number of urea groups is 1. The predicted octanol–water partition coefficient (Wildman–Crippen LogP) is 2.65. The minimum atomic E-state index is -0.113. The molecule has 1 saturated heterocycles. The van der Waals surface area contributed by atoms with Crippen molar-refractivity contribution in [3.8, 4) is 0 Å². The van der Waals surface area contributed by atoms with Gasteiger partial charge in [-0.3, -0.25) is 0 Å². The summed E-state index contributed by atoms with van der Waals surface area (Å²) in [7, 11) is 3.78. The van der Waals surface area contributed by atoms with Crippen LogP contribution in [0.5, 0.6) is 0 Å². The fourth-order valence-electron chi connectivity index (χ4n) is 3.01. The van der Waals surface area contributed by atoms with Crippen LogP contribution in [0.4, 0.5) is 22.0 Å². The average Bonchev–Trinajstić information content (AvgIpc) is 2.63. The lowest BCUT2D eigenvalue weighted by Gasteiger charge is -2.33. The van der Waals surface area contributed by atoms with Crippen molar-refractivity contribution in [1.82, 2.24) is 14.9 Å². The molecule has 2 N–H and O–H groups in total. The van der Waals surface area contributed by atoms with Gasteiger partial charge in [-0.1, -0.05) is 18.2 Å². The summed E-state index contributed by atoms with van der Waals surface area (Å²) >= 11 is 0. The van der Waals surface area contributed by atoms with E-state index in [1.165, 1.54) is 6.33 Å². The Labute approximate surface area is 148 Å². The molecule has 7 heteroatoms. The molecular formula is C18H24N6O. The van der Waals surface area contributed by atoms with E-state index in [0.717, 1.165) is 25.1 Å². The highest BCUT2D eigenvalue weighted by Gasteiger charge is 2.24. The summed E-state index contributed by atoms with van der Waals surface area (Å²) in [6.45, 7) is 1.43. The van der Waals surface area contributed by atoms with Crippen molar-refractivity contribution < 1.29 is 4.79 Å². The summed E-state index contributed by atoms with van der Waals surface area (Å²) in [6, 6.07) is 10.2. The van der Waals surface area contributed by atoms with Gasteiger partial charge in [-0.15, -0.1) is 0 Å². The van der Waals surface area contributed by atoms with Crippen molar-refractivity contribution in [2.75, 3.05) is 42.7 Å². The van der Waals surface area contributed by atoms with E-state index in [1.807, 2.05) is 54.2 Å². The van der Waals surface area contributed by atoms with Gasteiger partial charge in [0.1, 0.15) is 12.0 Å². The van der Waals surface area contributed by atoms with Crippen molar-refractivity contribution in [2.24, 2.45) is 0 Å². The van der Waals surface area contributed by atoms with Gasteiger partial charge in [0.25, 0.3) is 0 Å². The second kappa shape index (κ2) is 7.83. The molecule has 25 heavy (non-hydrogen) atoms. The zero-order valence-corrected chi connectivity index (χ0v) is 14.6. The van der Waals surface area contributed by atoms with Crippen LogP contribution in [0.2, 0.25) is 0 Å². The predicted molar refractivity (Wildman–Crippen MR) is 100 cm³/mol. The highest BCUT2D eigenvalue weighted by molar-refractivity contribution is 5.92. The second-order valence-electron chi connectivity index (χ2n) is 6.38. The maximum atomic E-state index is 12.7. The molecule has 0 unspecified atom stereocenters. The first-order valence-electron chi connectivity index (χ1n) is 8.48. The number of piperidine rings is 1. The fraction of sp³-hybridized carbons (Fsp3) is 0.389. The maximum absolute atomic E-state index is 12.7. The van der Waals surface area contributed by atoms with Gasteiger partial charge in [-0.25, -0.2) is 14.8 Å². The number of hydrogen-bond donors (Lipinski definition) is 2. The number of benzene rings is 1. The number of anilines is 3. The van der Waals surface area contributed by atoms with E-state index in [1.54, 1.807) is 6.20 Å². The summed E-state index contributed by atoms with van der Waals surface area (Å²) in [4.78, 5) is 24.6. The third-order valence-corrected chi connectivity index (χ3v) is 4.21.